The van der Waals surface area contributed by atoms with Crippen LogP contribution >= 0.6 is 11.6 Å². The molecule has 1 aromatic heterocycles. The third kappa shape index (κ3) is 3.19. The molecule has 3 amide bonds. The number of rotatable bonds is 2. The van der Waals surface area contributed by atoms with Gasteiger partial charge in [0.05, 0.1) is 41.7 Å². The highest BCUT2D eigenvalue weighted by atomic mass is 35.5. The van der Waals surface area contributed by atoms with E-state index in [-0.39, 0.29) is 24.2 Å². The van der Waals surface area contributed by atoms with Crippen LogP contribution in [0, 0.1) is 11.6 Å². The van der Waals surface area contributed by atoms with E-state index in [1.54, 1.807) is 20.7 Å². The summed E-state index contributed by atoms with van der Waals surface area (Å²) in [6, 6.07) is 1.38. The van der Waals surface area contributed by atoms with Gasteiger partial charge in [0.2, 0.25) is 5.91 Å². The lowest BCUT2D eigenvalue weighted by Gasteiger charge is -2.35. The van der Waals surface area contributed by atoms with Gasteiger partial charge in [0.25, 0.3) is 0 Å². The summed E-state index contributed by atoms with van der Waals surface area (Å²) in [6.07, 6.45) is 2.95. The minimum atomic E-state index is -1.16. The highest BCUT2D eigenvalue weighted by Gasteiger charge is 2.33. The summed E-state index contributed by atoms with van der Waals surface area (Å²) in [5.41, 5.74) is 1.55. The summed E-state index contributed by atoms with van der Waals surface area (Å²) < 4.78 is 28.7. The molecule has 10 heteroatoms. The van der Waals surface area contributed by atoms with Crippen molar-refractivity contribution < 1.29 is 18.4 Å². The first-order valence-corrected chi connectivity index (χ1v) is 9.30. The monoisotopic (exact) mass is 409 g/mol. The number of urea groups is 1. The maximum atomic E-state index is 13.6. The van der Waals surface area contributed by atoms with Crippen molar-refractivity contribution in [2.75, 3.05) is 16.8 Å². The third-order valence-corrected chi connectivity index (χ3v) is 5.35. The molecular formula is C18H18ClF2N5O2. The highest BCUT2D eigenvalue weighted by Crippen LogP contribution is 2.30. The van der Waals surface area contributed by atoms with E-state index in [0.717, 1.165) is 24.2 Å². The van der Waals surface area contributed by atoms with E-state index in [2.05, 4.69) is 10.4 Å². The summed E-state index contributed by atoms with van der Waals surface area (Å²) in [6.45, 7) is 3.20. The first-order chi connectivity index (χ1) is 13.3. The predicted molar refractivity (Wildman–Crippen MR) is 99.2 cm³/mol. The van der Waals surface area contributed by atoms with Crippen LogP contribution in [0.2, 0.25) is 5.02 Å². The van der Waals surface area contributed by atoms with Gasteiger partial charge < -0.3 is 15.1 Å². The Bertz CT molecular complexity index is 940. The van der Waals surface area contributed by atoms with Crippen molar-refractivity contribution in [3.05, 3.63) is 40.7 Å². The molecule has 1 saturated heterocycles. The molecule has 1 fully saturated rings. The molecule has 2 aliphatic rings. The molecule has 1 atom stereocenters. The molecule has 0 unspecified atom stereocenters. The van der Waals surface area contributed by atoms with Crippen LogP contribution in [0.1, 0.15) is 25.5 Å². The molecule has 148 valence electrons. The second-order valence-electron chi connectivity index (χ2n) is 6.97. The van der Waals surface area contributed by atoms with Crippen molar-refractivity contribution in [2.24, 2.45) is 0 Å². The molecule has 0 saturated carbocycles. The molecule has 0 aliphatic carbocycles. The van der Waals surface area contributed by atoms with E-state index >= 15 is 0 Å². The number of fused-ring (bicyclic) bond motifs is 1. The van der Waals surface area contributed by atoms with Crippen LogP contribution in [-0.4, -0.2) is 39.2 Å². The first kappa shape index (κ1) is 18.7. The van der Waals surface area contributed by atoms with Crippen LogP contribution in [0.5, 0.6) is 0 Å². The molecule has 2 aromatic rings. The molecule has 1 N–H and O–H groups in total. The maximum Gasteiger partial charge on any atom is 0.322 e. The average molecular weight is 410 g/mol. The Morgan fingerprint density at radius 3 is 2.82 bits per heavy atom. The molecule has 0 spiro atoms. The zero-order valence-electron chi connectivity index (χ0n) is 15.1. The second-order valence-corrected chi connectivity index (χ2v) is 7.38. The van der Waals surface area contributed by atoms with Crippen LogP contribution in [0.15, 0.2) is 18.3 Å². The van der Waals surface area contributed by atoms with Gasteiger partial charge in [0.15, 0.2) is 11.6 Å². The summed E-state index contributed by atoms with van der Waals surface area (Å²) in [5, 5.41) is 6.50. The van der Waals surface area contributed by atoms with Crippen LogP contribution in [0.25, 0.3) is 0 Å². The van der Waals surface area contributed by atoms with Crippen molar-refractivity contribution >= 4 is 34.9 Å². The number of carbonyl (C=O) groups is 2. The molecule has 7 nitrogen and oxygen atoms in total. The number of carbonyl (C=O) groups excluding carboxylic acids is 2. The van der Waals surface area contributed by atoms with E-state index in [1.165, 1.54) is 0 Å². The van der Waals surface area contributed by atoms with Gasteiger partial charge in [-0.25, -0.2) is 13.6 Å². The van der Waals surface area contributed by atoms with E-state index in [9.17, 15) is 18.4 Å². The number of nitrogens with zero attached hydrogens (tertiary/aromatic N) is 4. The van der Waals surface area contributed by atoms with Crippen molar-refractivity contribution in [1.29, 1.82) is 0 Å². The van der Waals surface area contributed by atoms with Crippen molar-refractivity contribution in [2.45, 2.75) is 38.9 Å². The van der Waals surface area contributed by atoms with Crippen LogP contribution in [0.3, 0.4) is 0 Å². The van der Waals surface area contributed by atoms with Gasteiger partial charge in [-0.1, -0.05) is 11.6 Å². The fourth-order valence-electron chi connectivity index (χ4n) is 3.61. The largest absolute Gasteiger partial charge is 0.322 e. The number of halogens is 3. The fourth-order valence-corrected chi connectivity index (χ4v) is 3.82. The van der Waals surface area contributed by atoms with Crippen molar-refractivity contribution in [3.8, 4) is 0 Å². The quantitative estimate of drug-likeness (QED) is 0.773. The Balaban J connectivity index is 1.56. The van der Waals surface area contributed by atoms with Crippen molar-refractivity contribution in [1.82, 2.24) is 14.7 Å². The lowest BCUT2D eigenvalue weighted by atomic mass is 10.2. The Morgan fingerprint density at radius 2 is 2.14 bits per heavy atom. The van der Waals surface area contributed by atoms with E-state index in [1.807, 2.05) is 6.92 Å². The number of benzene rings is 1. The van der Waals surface area contributed by atoms with Gasteiger partial charge in [-0.15, -0.1) is 0 Å². The van der Waals surface area contributed by atoms with Gasteiger partial charge in [0.1, 0.15) is 0 Å². The Kier molecular flexibility index (Phi) is 4.70. The number of hydrogen-bond acceptors (Lipinski definition) is 3. The molecule has 2 aliphatic heterocycles. The Morgan fingerprint density at radius 1 is 1.36 bits per heavy atom. The normalized spacial score (nSPS) is 19.1. The van der Waals surface area contributed by atoms with Gasteiger partial charge in [-0.2, -0.15) is 5.10 Å². The molecule has 3 heterocycles. The first-order valence-electron chi connectivity index (χ1n) is 8.92. The molecule has 28 heavy (non-hydrogen) atoms. The SMILES string of the molecule is C[C@H]1Cn2ncc(N3CCCC3=O)c2CN1C(=O)Nc1cc(F)c(F)c(Cl)c1. The van der Waals surface area contributed by atoms with Crippen LogP contribution < -0.4 is 10.2 Å². The minimum absolute atomic E-state index is 0.0434. The number of amides is 3. The average Bonchev–Trinajstić information content (AvgIpc) is 3.24. The van der Waals surface area contributed by atoms with E-state index in [0.29, 0.717) is 25.2 Å². The molecular weight excluding hydrogens is 392 g/mol. The lowest BCUT2D eigenvalue weighted by Crippen LogP contribution is -2.47. The zero-order chi connectivity index (χ0) is 20.0. The summed E-state index contributed by atoms with van der Waals surface area (Å²) >= 11 is 5.65. The molecule has 0 bridgehead atoms. The van der Waals surface area contributed by atoms with Crippen LogP contribution in [0.4, 0.5) is 25.0 Å². The van der Waals surface area contributed by atoms with Crippen molar-refractivity contribution in [3.63, 3.8) is 0 Å². The Hall–Kier alpha value is -2.68. The number of aromatic nitrogens is 2. The summed E-state index contributed by atoms with van der Waals surface area (Å²) in [5.74, 6) is -2.25. The third-order valence-electron chi connectivity index (χ3n) is 5.08. The van der Waals surface area contributed by atoms with E-state index in [4.69, 9.17) is 11.6 Å². The van der Waals surface area contributed by atoms with E-state index < -0.39 is 22.7 Å². The second kappa shape index (κ2) is 7.05. The minimum Gasteiger partial charge on any atom is -0.314 e. The number of nitrogens with one attached hydrogen (secondary N) is 1. The molecule has 0 radical (unpaired) electrons. The standard InChI is InChI=1S/C18H18ClF2N5O2/c1-10-8-26-15(14(7-22-26)24-4-2-3-16(24)27)9-25(10)18(28)23-11-5-12(19)17(21)13(20)6-11/h5-7,10H,2-4,8-9H2,1H3,(H,23,28)/t10-/m0/s1. The summed E-state index contributed by atoms with van der Waals surface area (Å²) in [4.78, 5) is 28.1. The highest BCUT2D eigenvalue weighted by molar-refractivity contribution is 6.31. The number of hydrogen-bond donors (Lipinski definition) is 1. The van der Waals surface area contributed by atoms with Gasteiger partial charge in [-0.3, -0.25) is 9.48 Å². The fraction of sp³-hybridized carbons (Fsp3) is 0.389. The smallest absolute Gasteiger partial charge is 0.314 e. The van der Waals surface area contributed by atoms with Crippen LogP contribution in [-0.2, 0) is 17.9 Å². The van der Waals surface area contributed by atoms with Gasteiger partial charge >= 0.3 is 6.03 Å². The topological polar surface area (TPSA) is 70.5 Å². The zero-order valence-corrected chi connectivity index (χ0v) is 15.8. The summed E-state index contributed by atoms with van der Waals surface area (Å²) in [7, 11) is 0. The van der Waals surface area contributed by atoms with Gasteiger partial charge in [0, 0.05) is 24.7 Å². The lowest BCUT2D eigenvalue weighted by molar-refractivity contribution is -0.117. The number of anilines is 2. The predicted octanol–water partition coefficient (Wildman–Crippen LogP) is 3.38. The maximum absolute atomic E-state index is 13.6. The Labute approximate surface area is 164 Å². The molecule has 1 aromatic carbocycles. The molecule has 4 rings (SSSR count). The van der Waals surface area contributed by atoms with Gasteiger partial charge in [-0.05, 0) is 19.4 Å².